The summed E-state index contributed by atoms with van der Waals surface area (Å²) in [6.45, 7) is 3.17. The first-order valence-corrected chi connectivity index (χ1v) is 6.09. The standard InChI is InChI=1S/C12H20N4O/c1-16(8-10-3-2-4-17-9-10)12-7-14-11(5-13)6-15-12/h6-7,10H,2-5,8-9,13H2,1H3. The van der Waals surface area contributed by atoms with Crippen LogP contribution in [-0.4, -0.2) is 36.8 Å². The van der Waals surface area contributed by atoms with Gasteiger partial charge in [-0.15, -0.1) is 0 Å². The molecule has 5 heteroatoms. The van der Waals surface area contributed by atoms with Crippen LogP contribution in [0.15, 0.2) is 12.4 Å². The molecule has 17 heavy (non-hydrogen) atoms. The van der Waals surface area contributed by atoms with Crippen molar-refractivity contribution in [1.82, 2.24) is 9.97 Å². The number of aromatic nitrogens is 2. The SMILES string of the molecule is CN(CC1CCCOC1)c1cnc(CN)cn1. The number of ether oxygens (including phenoxy) is 1. The van der Waals surface area contributed by atoms with Crippen LogP contribution in [0.4, 0.5) is 5.82 Å². The maximum atomic E-state index is 5.49. The zero-order chi connectivity index (χ0) is 12.1. The quantitative estimate of drug-likeness (QED) is 0.837. The summed E-state index contributed by atoms with van der Waals surface area (Å²) >= 11 is 0. The lowest BCUT2D eigenvalue weighted by Gasteiger charge is -2.27. The molecule has 2 N–H and O–H groups in total. The van der Waals surface area contributed by atoms with Crippen molar-refractivity contribution in [3.63, 3.8) is 0 Å². The molecule has 5 nitrogen and oxygen atoms in total. The molecule has 0 aromatic carbocycles. The Morgan fingerprint density at radius 1 is 1.47 bits per heavy atom. The molecule has 0 spiro atoms. The second-order valence-electron chi connectivity index (χ2n) is 4.53. The van der Waals surface area contributed by atoms with Crippen molar-refractivity contribution in [1.29, 1.82) is 0 Å². The maximum absolute atomic E-state index is 5.49. The third kappa shape index (κ3) is 3.38. The molecule has 1 atom stereocenters. The number of rotatable bonds is 4. The van der Waals surface area contributed by atoms with Crippen LogP contribution < -0.4 is 10.6 Å². The van der Waals surface area contributed by atoms with E-state index in [1.807, 2.05) is 7.05 Å². The van der Waals surface area contributed by atoms with Crippen molar-refractivity contribution in [2.45, 2.75) is 19.4 Å². The smallest absolute Gasteiger partial charge is 0.146 e. The molecule has 1 saturated heterocycles. The number of hydrogen-bond donors (Lipinski definition) is 1. The molecule has 2 heterocycles. The van der Waals surface area contributed by atoms with Gasteiger partial charge in [0.25, 0.3) is 0 Å². The second-order valence-corrected chi connectivity index (χ2v) is 4.53. The van der Waals surface area contributed by atoms with E-state index in [1.165, 1.54) is 6.42 Å². The molecule has 1 aliphatic rings. The van der Waals surface area contributed by atoms with Crippen LogP contribution in [0, 0.1) is 5.92 Å². The van der Waals surface area contributed by atoms with Gasteiger partial charge in [-0.25, -0.2) is 4.98 Å². The highest BCUT2D eigenvalue weighted by Crippen LogP contribution is 2.17. The monoisotopic (exact) mass is 236 g/mol. The number of nitrogens with two attached hydrogens (primary N) is 1. The number of hydrogen-bond acceptors (Lipinski definition) is 5. The lowest BCUT2D eigenvalue weighted by Crippen LogP contribution is -2.31. The van der Waals surface area contributed by atoms with Crippen molar-refractivity contribution >= 4 is 5.82 Å². The average molecular weight is 236 g/mol. The lowest BCUT2D eigenvalue weighted by molar-refractivity contribution is 0.0576. The van der Waals surface area contributed by atoms with Crippen molar-refractivity contribution in [3.8, 4) is 0 Å². The minimum atomic E-state index is 0.438. The van der Waals surface area contributed by atoms with E-state index in [2.05, 4.69) is 14.9 Å². The molecule has 0 amide bonds. The molecule has 0 aliphatic carbocycles. The molecule has 0 radical (unpaired) electrons. The molecule has 94 valence electrons. The molecule has 1 unspecified atom stereocenters. The Labute approximate surface area is 102 Å². The Balaban J connectivity index is 1.91. The predicted octanol–water partition coefficient (Wildman–Crippen LogP) is 0.798. The summed E-state index contributed by atoms with van der Waals surface area (Å²) in [5, 5.41) is 0. The van der Waals surface area contributed by atoms with Gasteiger partial charge >= 0.3 is 0 Å². The fourth-order valence-corrected chi connectivity index (χ4v) is 2.08. The Bertz CT molecular complexity index is 335. The highest BCUT2D eigenvalue weighted by Gasteiger charge is 2.16. The lowest BCUT2D eigenvalue weighted by atomic mass is 10.0. The highest BCUT2D eigenvalue weighted by molar-refractivity contribution is 5.34. The third-order valence-corrected chi connectivity index (χ3v) is 3.08. The molecular weight excluding hydrogens is 216 g/mol. The van der Waals surface area contributed by atoms with E-state index in [1.54, 1.807) is 12.4 Å². The summed E-state index contributed by atoms with van der Waals surface area (Å²) in [6, 6.07) is 0. The van der Waals surface area contributed by atoms with Gasteiger partial charge in [0.2, 0.25) is 0 Å². The summed E-state index contributed by atoms with van der Waals surface area (Å²) in [7, 11) is 2.04. The van der Waals surface area contributed by atoms with Crippen molar-refractivity contribution < 1.29 is 4.74 Å². The Morgan fingerprint density at radius 3 is 2.94 bits per heavy atom. The largest absolute Gasteiger partial charge is 0.381 e. The molecule has 1 aromatic rings. The van der Waals surface area contributed by atoms with E-state index in [0.29, 0.717) is 12.5 Å². The Morgan fingerprint density at radius 2 is 2.35 bits per heavy atom. The summed E-state index contributed by atoms with van der Waals surface area (Å²) in [4.78, 5) is 10.7. The molecule has 0 bridgehead atoms. The summed E-state index contributed by atoms with van der Waals surface area (Å²) in [5.41, 5.74) is 6.32. The van der Waals surface area contributed by atoms with Crippen LogP contribution >= 0.6 is 0 Å². The fraction of sp³-hybridized carbons (Fsp3) is 0.667. The summed E-state index contributed by atoms with van der Waals surface area (Å²) in [5.74, 6) is 1.50. The van der Waals surface area contributed by atoms with Gasteiger partial charge in [0.05, 0.1) is 24.7 Å². The Hall–Kier alpha value is -1.20. The van der Waals surface area contributed by atoms with Crippen molar-refractivity contribution in [3.05, 3.63) is 18.1 Å². The molecule has 2 rings (SSSR count). The summed E-state index contributed by atoms with van der Waals surface area (Å²) < 4.78 is 5.48. The Kier molecular flexibility index (Phi) is 4.28. The van der Waals surface area contributed by atoms with Gasteiger partial charge in [-0.05, 0) is 18.8 Å². The maximum Gasteiger partial charge on any atom is 0.146 e. The molecular formula is C12H20N4O. The molecule has 1 aliphatic heterocycles. The van der Waals surface area contributed by atoms with E-state index in [0.717, 1.165) is 37.7 Å². The van der Waals surface area contributed by atoms with Gasteiger partial charge in [0.15, 0.2) is 0 Å². The van der Waals surface area contributed by atoms with Crippen LogP contribution in [-0.2, 0) is 11.3 Å². The van der Waals surface area contributed by atoms with Crippen LogP contribution in [0.25, 0.3) is 0 Å². The number of nitrogens with zero attached hydrogens (tertiary/aromatic N) is 3. The van der Waals surface area contributed by atoms with E-state index < -0.39 is 0 Å². The van der Waals surface area contributed by atoms with E-state index in [-0.39, 0.29) is 0 Å². The van der Waals surface area contributed by atoms with Gasteiger partial charge in [0.1, 0.15) is 5.82 Å². The van der Waals surface area contributed by atoms with E-state index in [9.17, 15) is 0 Å². The van der Waals surface area contributed by atoms with E-state index in [4.69, 9.17) is 10.5 Å². The molecule has 1 aromatic heterocycles. The average Bonchev–Trinajstić information content (AvgIpc) is 2.40. The van der Waals surface area contributed by atoms with Gasteiger partial charge in [0, 0.05) is 26.7 Å². The first-order valence-electron chi connectivity index (χ1n) is 6.09. The zero-order valence-corrected chi connectivity index (χ0v) is 10.3. The molecule has 1 fully saturated rings. The first-order chi connectivity index (χ1) is 8.29. The predicted molar refractivity (Wildman–Crippen MR) is 66.7 cm³/mol. The van der Waals surface area contributed by atoms with Crippen LogP contribution in [0.3, 0.4) is 0 Å². The minimum Gasteiger partial charge on any atom is -0.381 e. The molecule has 0 saturated carbocycles. The minimum absolute atomic E-state index is 0.438. The highest BCUT2D eigenvalue weighted by atomic mass is 16.5. The van der Waals surface area contributed by atoms with Gasteiger partial charge < -0.3 is 15.4 Å². The second kappa shape index (κ2) is 5.93. The fourth-order valence-electron chi connectivity index (χ4n) is 2.08. The van der Waals surface area contributed by atoms with Crippen LogP contribution in [0.2, 0.25) is 0 Å². The normalized spacial score (nSPS) is 20.2. The third-order valence-electron chi connectivity index (χ3n) is 3.08. The first kappa shape index (κ1) is 12.3. The van der Waals surface area contributed by atoms with E-state index >= 15 is 0 Å². The topological polar surface area (TPSA) is 64.3 Å². The van der Waals surface area contributed by atoms with Gasteiger partial charge in [-0.1, -0.05) is 0 Å². The van der Waals surface area contributed by atoms with Crippen molar-refractivity contribution in [2.75, 3.05) is 31.7 Å². The summed E-state index contributed by atoms with van der Waals surface area (Å²) in [6.07, 6.45) is 5.92. The zero-order valence-electron chi connectivity index (χ0n) is 10.3. The van der Waals surface area contributed by atoms with Crippen LogP contribution in [0.5, 0.6) is 0 Å². The van der Waals surface area contributed by atoms with Crippen LogP contribution in [0.1, 0.15) is 18.5 Å². The number of anilines is 1. The van der Waals surface area contributed by atoms with Gasteiger partial charge in [-0.2, -0.15) is 0 Å². The van der Waals surface area contributed by atoms with Crippen molar-refractivity contribution in [2.24, 2.45) is 11.7 Å². The van der Waals surface area contributed by atoms with Gasteiger partial charge in [-0.3, -0.25) is 4.98 Å².